The molecule has 32 heavy (non-hydrogen) atoms. The number of ether oxygens (including phenoxy) is 1. The minimum Gasteiger partial charge on any atom is -0.495 e. The van der Waals surface area contributed by atoms with Crippen molar-refractivity contribution in [1.29, 1.82) is 0 Å². The zero-order valence-corrected chi connectivity index (χ0v) is 18.0. The van der Waals surface area contributed by atoms with Crippen LogP contribution in [-0.2, 0) is 9.59 Å². The van der Waals surface area contributed by atoms with Crippen LogP contribution in [0.1, 0.15) is 19.8 Å². The molecule has 0 aliphatic carbocycles. The van der Waals surface area contributed by atoms with E-state index in [1.807, 2.05) is 18.2 Å². The molecule has 10 nitrogen and oxygen atoms in total. The van der Waals surface area contributed by atoms with Crippen LogP contribution in [0.2, 0.25) is 0 Å². The maximum absolute atomic E-state index is 13.0. The molecule has 1 atom stereocenters. The van der Waals surface area contributed by atoms with E-state index in [1.165, 1.54) is 14.0 Å². The van der Waals surface area contributed by atoms with Crippen molar-refractivity contribution in [2.75, 3.05) is 35.7 Å². The van der Waals surface area contributed by atoms with Crippen molar-refractivity contribution in [3.63, 3.8) is 0 Å². The van der Waals surface area contributed by atoms with Gasteiger partial charge in [0, 0.05) is 38.1 Å². The molecule has 2 amide bonds. The highest BCUT2D eigenvalue weighted by molar-refractivity contribution is 5.96. The lowest BCUT2D eigenvalue weighted by Crippen LogP contribution is -2.41. The van der Waals surface area contributed by atoms with Crippen LogP contribution >= 0.6 is 0 Å². The lowest BCUT2D eigenvalue weighted by atomic mass is 9.97. The summed E-state index contributed by atoms with van der Waals surface area (Å²) in [5.41, 5.74) is 1.11. The average molecular weight is 435 g/mol. The number of carbonyl (C=O) groups excluding carboxylic acids is 2. The SMILES string of the molecule is COc1ccc(NC(C)=O)cc1NC(=O)C1CCCN(c2ccc(-n3cccn3)nn2)C1. The fourth-order valence-corrected chi connectivity index (χ4v) is 3.73. The Hall–Kier alpha value is -3.95. The Morgan fingerprint density at radius 1 is 1.12 bits per heavy atom. The first-order valence-electron chi connectivity index (χ1n) is 10.4. The molecule has 1 aromatic carbocycles. The van der Waals surface area contributed by atoms with Crippen LogP contribution in [0.3, 0.4) is 0 Å². The van der Waals surface area contributed by atoms with Crippen molar-refractivity contribution < 1.29 is 14.3 Å². The third-order valence-electron chi connectivity index (χ3n) is 5.27. The number of hydrogen-bond acceptors (Lipinski definition) is 7. The van der Waals surface area contributed by atoms with E-state index in [1.54, 1.807) is 35.3 Å². The predicted octanol–water partition coefficient (Wildman–Crippen LogP) is 2.48. The molecule has 0 spiro atoms. The normalized spacial score (nSPS) is 15.8. The molecule has 0 radical (unpaired) electrons. The highest BCUT2D eigenvalue weighted by Gasteiger charge is 2.27. The quantitative estimate of drug-likeness (QED) is 0.611. The number of carbonyl (C=O) groups is 2. The van der Waals surface area contributed by atoms with Gasteiger partial charge < -0.3 is 20.3 Å². The maximum atomic E-state index is 13.0. The molecule has 0 saturated carbocycles. The van der Waals surface area contributed by atoms with Gasteiger partial charge in [-0.3, -0.25) is 9.59 Å². The number of amides is 2. The van der Waals surface area contributed by atoms with Crippen molar-refractivity contribution in [3.05, 3.63) is 48.8 Å². The summed E-state index contributed by atoms with van der Waals surface area (Å²) in [7, 11) is 1.54. The Morgan fingerprint density at radius 3 is 2.62 bits per heavy atom. The summed E-state index contributed by atoms with van der Waals surface area (Å²) in [5.74, 6) is 1.38. The van der Waals surface area contributed by atoms with Gasteiger partial charge in [-0.1, -0.05) is 0 Å². The monoisotopic (exact) mass is 435 g/mol. The van der Waals surface area contributed by atoms with Crippen LogP contribution in [0.5, 0.6) is 5.75 Å². The number of hydrogen-bond donors (Lipinski definition) is 2. The number of nitrogens with zero attached hydrogens (tertiary/aromatic N) is 5. The first-order valence-corrected chi connectivity index (χ1v) is 10.4. The number of rotatable bonds is 6. The highest BCUT2D eigenvalue weighted by Crippen LogP contribution is 2.30. The van der Waals surface area contributed by atoms with E-state index in [4.69, 9.17) is 4.74 Å². The fraction of sp³-hybridized carbons (Fsp3) is 0.318. The van der Waals surface area contributed by atoms with Crippen molar-refractivity contribution in [1.82, 2.24) is 20.0 Å². The third-order valence-corrected chi connectivity index (χ3v) is 5.27. The molecule has 4 rings (SSSR count). The molecular weight excluding hydrogens is 410 g/mol. The number of anilines is 3. The molecule has 1 saturated heterocycles. The number of methoxy groups -OCH3 is 1. The van der Waals surface area contributed by atoms with Gasteiger partial charge in [-0.2, -0.15) is 5.10 Å². The second-order valence-electron chi connectivity index (χ2n) is 7.57. The second-order valence-corrected chi connectivity index (χ2v) is 7.57. The zero-order valence-electron chi connectivity index (χ0n) is 18.0. The third kappa shape index (κ3) is 4.85. The molecule has 0 bridgehead atoms. The largest absolute Gasteiger partial charge is 0.495 e. The summed E-state index contributed by atoms with van der Waals surface area (Å²) < 4.78 is 7.01. The van der Waals surface area contributed by atoms with Crippen LogP contribution in [0.4, 0.5) is 17.2 Å². The fourth-order valence-electron chi connectivity index (χ4n) is 3.73. The van der Waals surface area contributed by atoms with Gasteiger partial charge in [-0.15, -0.1) is 10.2 Å². The van der Waals surface area contributed by atoms with Gasteiger partial charge in [-0.05, 0) is 49.2 Å². The summed E-state index contributed by atoms with van der Waals surface area (Å²) in [5, 5.41) is 18.4. The van der Waals surface area contributed by atoms with E-state index >= 15 is 0 Å². The molecule has 10 heteroatoms. The van der Waals surface area contributed by atoms with Crippen molar-refractivity contribution in [2.24, 2.45) is 5.92 Å². The first-order chi connectivity index (χ1) is 15.5. The van der Waals surface area contributed by atoms with E-state index in [9.17, 15) is 9.59 Å². The maximum Gasteiger partial charge on any atom is 0.229 e. The van der Waals surface area contributed by atoms with Crippen LogP contribution in [0, 0.1) is 5.92 Å². The number of benzene rings is 1. The zero-order chi connectivity index (χ0) is 22.5. The van der Waals surface area contributed by atoms with Gasteiger partial charge in [0.1, 0.15) is 5.75 Å². The van der Waals surface area contributed by atoms with Crippen LogP contribution in [-0.4, -0.2) is 52.0 Å². The molecule has 166 valence electrons. The van der Waals surface area contributed by atoms with Crippen molar-refractivity contribution in [2.45, 2.75) is 19.8 Å². The minimum atomic E-state index is -0.217. The van der Waals surface area contributed by atoms with E-state index < -0.39 is 0 Å². The first kappa shape index (κ1) is 21.3. The molecule has 3 heterocycles. The summed E-state index contributed by atoms with van der Waals surface area (Å²) in [6.45, 7) is 2.78. The smallest absolute Gasteiger partial charge is 0.229 e. The molecule has 2 aromatic heterocycles. The molecule has 1 aliphatic heterocycles. The lowest BCUT2D eigenvalue weighted by molar-refractivity contribution is -0.120. The van der Waals surface area contributed by atoms with E-state index in [2.05, 4.69) is 30.8 Å². The summed E-state index contributed by atoms with van der Waals surface area (Å²) >= 11 is 0. The number of piperidine rings is 1. The molecule has 1 fully saturated rings. The summed E-state index contributed by atoms with van der Waals surface area (Å²) in [4.78, 5) is 26.5. The molecule has 1 unspecified atom stereocenters. The van der Waals surface area contributed by atoms with Gasteiger partial charge in [0.2, 0.25) is 11.8 Å². The lowest BCUT2D eigenvalue weighted by Gasteiger charge is -2.32. The summed E-state index contributed by atoms with van der Waals surface area (Å²) in [6.07, 6.45) is 5.13. The Bertz CT molecular complexity index is 1080. The molecule has 1 aliphatic rings. The Morgan fingerprint density at radius 2 is 1.94 bits per heavy atom. The van der Waals surface area contributed by atoms with Gasteiger partial charge >= 0.3 is 0 Å². The predicted molar refractivity (Wildman–Crippen MR) is 120 cm³/mol. The van der Waals surface area contributed by atoms with Crippen molar-refractivity contribution in [3.8, 4) is 11.6 Å². The van der Waals surface area contributed by atoms with Crippen molar-refractivity contribution >= 4 is 29.0 Å². The topological polar surface area (TPSA) is 114 Å². The van der Waals surface area contributed by atoms with Gasteiger partial charge in [0.15, 0.2) is 11.6 Å². The molecular formula is C22H25N7O3. The van der Waals surface area contributed by atoms with Crippen LogP contribution < -0.4 is 20.3 Å². The second kappa shape index (κ2) is 9.46. The molecule has 2 N–H and O–H groups in total. The van der Waals surface area contributed by atoms with Gasteiger partial charge in [0.05, 0.1) is 18.7 Å². The Kier molecular flexibility index (Phi) is 6.29. The van der Waals surface area contributed by atoms with E-state index in [0.29, 0.717) is 29.5 Å². The van der Waals surface area contributed by atoms with Gasteiger partial charge in [-0.25, -0.2) is 4.68 Å². The molecule has 3 aromatic rings. The van der Waals surface area contributed by atoms with Crippen LogP contribution in [0.15, 0.2) is 48.8 Å². The van der Waals surface area contributed by atoms with E-state index in [-0.39, 0.29) is 17.7 Å². The van der Waals surface area contributed by atoms with Crippen LogP contribution in [0.25, 0.3) is 5.82 Å². The Labute approximate surface area is 185 Å². The minimum absolute atomic E-state index is 0.103. The average Bonchev–Trinajstić information content (AvgIpc) is 3.34. The Balaban J connectivity index is 1.44. The van der Waals surface area contributed by atoms with E-state index in [0.717, 1.165) is 25.2 Å². The number of aromatic nitrogens is 4. The van der Waals surface area contributed by atoms with Gasteiger partial charge in [0.25, 0.3) is 0 Å². The highest BCUT2D eigenvalue weighted by atomic mass is 16.5. The number of nitrogens with one attached hydrogen (secondary N) is 2. The standard InChI is InChI=1S/C22H25N7O3/c1-15(30)24-17-6-7-19(32-2)18(13-17)25-22(31)16-5-3-11-28(14-16)20-8-9-21(27-26-20)29-12-4-10-23-29/h4,6-10,12-13,16H,3,5,11,14H2,1-2H3,(H,24,30)(H,25,31). The summed E-state index contributed by atoms with van der Waals surface area (Å²) in [6, 6.07) is 10.7.